The quantitative estimate of drug-likeness (QED) is 0.582. The lowest BCUT2D eigenvalue weighted by Crippen LogP contribution is -1.91. The van der Waals surface area contributed by atoms with Crippen LogP contribution < -0.4 is 0 Å². The predicted octanol–water partition coefficient (Wildman–Crippen LogP) is 0.981. The highest BCUT2D eigenvalue weighted by Crippen LogP contribution is 1.91. The Morgan fingerprint density at radius 3 is 3.00 bits per heavy atom. The summed E-state index contributed by atoms with van der Waals surface area (Å²) in [6.45, 7) is 3.53. The molecule has 1 heterocycles. The second kappa shape index (κ2) is 2.26. The van der Waals surface area contributed by atoms with Crippen molar-refractivity contribution < 1.29 is 0 Å². The fourth-order valence-electron chi connectivity index (χ4n) is 0.591. The molecule has 0 aliphatic heterocycles. The van der Waals surface area contributed by atoms with Crippen molar-refractivity contribution in [3.05, 3.63) is 24.8 Å². The first-order valence-corrected chi connectivity index (χ1v) is 2.54. The minimum absolute atomic E-state index is 0.602. The van der Waals surface area contributed by atoms with E-state index >= 15 is 0 Å². The molecule has 0 unspecified atom stereocenters. The average molecular weight is 121 g/mol. The first-order valence-electron chi connectivity index (χ1n) is 2.54. The summed E-state index contributed by atoms with van der Waals surface area (Å²) < 4.78 is 1.67. The highest BCUT2D eigenvalue weighted by Gasteiger charge is 1.90. The summed E-state index contributed by atoms with van der Waals surface area (Å²) in [5.41, 5.74) is 0. The highest BCUT2D eigenvalue weighted by molar-refractivity contribution is 5.72. The van der Waals surface area contributed by atoms with Gasteiger partial charge in [-0.05, 0) is 0 Å². The van der Waals surface area contributed by atoms with E-state index in [1.54, 1.807) is 23.2 Å². The van der Waals surface area contributed by atoms with Gasteiger partial charge in [-0.3, -0.25) is 0 Å². The molecular weight excluding hydrogens is 114 g/mol. The van der Waals surface area contributed by atoms with Crippen LogP contribution in [-0.4, -0.2) is 15.8 Å². The zero-order chi connectivity index (χ0) is 6.69. The summed E-state index contributed by atoms with van der Waals surface area (Å²) >= 11 is 0. The van der Waals surface area contributed by atoms with Crippen LogP contribution in [0.4, 0.5) is 0 Å². The van der Waals surface area contributed by atoms with Crippen LogP contribution in [0.5, 0.6) is 0 Å². The van der Waals surface area contributed by atoms with Gasteiger partial charge in [0.2, 0.25) is 0 Å². The Bertz CT molecular complexity index is 201. The van der Waals surface area contributed by atoms with Crippen molar-refractivity contribution in [3.63, 3.8) is 0 Å². The zero-order valence-corrected chi connectivity index (χ0v) is 4.91. The molecule has 0 saturated carbocycles. The van der Waals surface area contributed by atoms with E-state index in [1.165, 1.54) is 6.21 Å². The van der Waals surface area contributed by atoms with E-state index in [9.17, 15) is 0 Å². The minimum Gasteiger partial charge on any atom is -0.306 e. The van der Waals surface area contributed by atoms with E-state index in [1.807, 2.05) is 0 Å². The Balaban J connectivity index is 3.12. The highest BCUT2D eigenvalue weighted by atomic mass is 15.0. The molecule has 0 spiro atoms. The third-order valence-electron chi connectivity index (χ3n) is 1.02. The van der Waals surface area contributed by atoms with Crippen LogP contribution in [0.15, 0.2) is 19.0 Å². The van der Waals surface area contributed by atoms with Gasteiger partial charge < -0.3 is 9.98 Å². The number of hydrogen-bond donors (Lipinski definition) is 1. The van der Waals surface area contributed by atoms with Crippen molar-refractivity contribution in [2.75, 3.05) is 0 Å². The normalized spacial score (nSPS) is 8.89. The molecule has 0 saturated heterocycles. The summed E-state index contributed by atoms with van der Waals surface area (Å²) in [6, 6.07) is 0. The monoisotopic (exact) mass is 121 g/mol. The zero-order valence-electron chi connectivity index (χ0n) is 4.91. The molecule has 0 aromatic carbocycles. The topological polar surface area (TPSA) is 41.7 Å². The van der Waals surface area contributed by atoms with Crippen LogP contribution in [0.25, 0.3) is 6.20 Å². The van der Waals surface area contributed by atoms with Crippen molar-refractivity contribution in [2.24, 2.45) is 0 Å². The molecule has 1 rings (SSSR count). The first kappa shape index (κ1) is 5.75. The summed E-state index contributed by atoms with van der Waals surface area (Å²) in [5.74, 6) is 0.602. The molecule has 46 valence electrons. The molecular formula is C6H7N3. The van der Waals surface area contributed by atoms with Crippen molar-refractivity contribution in [2.45, 2.75) is 0 Å². The van der Waals surface area contributed by atoms with E-state index in [4.69, 9.17) is 5.41 Å². The molecule has 0 fully saturated rings. The average Bonchev–Trinajstić information content (AvgIpc) is 2.33. The van der Waals surface area contributed by atoms with E-state index in [0.29, 0.717) is 5.82 Å². The molecule has 1 aromatic heterocycles. The smallest absolute Gasteiger partial charge is 0.154 e. The maximum absolute atomic E-state index is 6.85. The summed E-state index contributed by atoms with van der Waals surface area (Å²) in [6.07, 6.45) is 6.16. The lowest BCUT2D eigenvalue weighted by Gasteiger charge is -1.90. The molecule has 0 bridgehead atoms. The van der Waals surface area contributed by atoms with Gasteiger partial charge in [-0.2, -0.15) is 0 Å². The van der Waals surface area contributed by atoms with Gasteiger partial charge in [-0.25, -0.2) is 4.98 Å². The Kier molecular flexibility index (Phi) is 1.44. The van der Waals surface area contributed by atoms with Crippen LogP contribution in [0.1, 0.15) is 5.82 Å². The van der Waals surface area contributed by atoms with E-state index in [2.05, 4.69) is 11.6 Å². The van der Waals surface area contributed by atoms with Gasteiger partial charge in [0.15, 0.2) is 5.82 Å². The second-order valence-corrected chi connectivity index (χ2v) is 1.52. The molecule has 9 heavy (non-hydrogen) atoms. The van der Waals surface area contributed by atoms with Crippen molar-refractivity contribution in [1.29, 1.82) is 5.41 Å². The van der Waals surface area contributed by atoms with E-state index < -0.39 is 0 Å². The number of aromatic nitrogens is 2. The van der Waals surface area contributed by atoms with Gasteiger partial charge in [0.1, 0.15) is 0 Å². The lowest BCUT2D eigenvalue weighted by atomic mass is 10.6. The Labute approximate surface area is 53.2 Å². The maximum Gasteiger partial charge on any atom is 0.154 e. The van der Waals surface area contributed by atoms with Crippen LogP contribution in [-0.2, 0) is 0 Å². The molecule has 1 N–H and O–H groups in total. The standard InChI is InChI=1S/C6H7N3/c1-2-9-4-3-8-6(9)5-7/h2-5,7H,1H2. The lowest BCUT2D eigenvalue weighted by molar-refractivity contribution is 1.11. The van der Waals surface area contributed by atoms with E-state index in [-0.39, 0.29) is 0 Å². The molecule has 0 radical (unpaired) electrons. The molecule has 0 amide bonds. The molecule has 0 atom stereocenters. The van der Waals surface area contributed by atoms with Crippen LogP contribution in [0.2, 0.25) is 0 Å². The molecule has 1 aromatic rings. The predicted molar refractivity (Wildman–Crippen MR) is 36.5 cm³/mol. The molecule has 3 heteroatoms. The fourth-order valence-corrected chi connectivity index (χ4v) is 0.591. The van der Waals surface area contributed by atoms with Crippen LogP contribution in [0.3, 0.4) is 0 Å². The number of nitrogens with zero attached hydrogens (tertiary/aromatic N) is 2. The number of imidazole rings is 1. The molecule has 0 aliphatic carbocycles. The molecule has 0 aliphatic rings. The van der Waals surface area contributed by atoms with Crippen LogP contribution >= 0.6 is 0 Å². The summed E-state index contributed by atoms with van der Waals surface area (Å²) in [4.78, 5) is 3.85. The fraction of sp³-hybridized carbons (Fsp3) is 0. The SMILES string of the molecule is C=Cn1ccnc1C=N. The van der Waals surface area contributed by atoms with Gasteiger partial charge >= 0.3 is 0 Å². The Morgan fingerprint density at radius 1 is 1.78 bits per heavy atom. The maximum atomic E-state index is 6.85. The van der Waals surface area contributed by atoms with Gasteiger partial charge in [0, 0.05) is 18.6 Å². The third kappa shape index (κ3) is 0.887. The number of hydrogen-bond acceptors (Lipinski definition) is 2. The Hall–Kier alpha value is -1.38. The van der Waals surface area contributed by atoms with Gasteiger partial charge in [0.05, 0.1) is 6.21 Å². The van der Waals surface area contributed by atoms with Crippen molar-refractivity contribution >= 4 is 12.4 Å². The first-order chi connectivity index (χ1) is 4.38. The Morgan fingerprint density at radius 2 is 2.56 bits per heavy atom. The minimum atomic E-state index is 0.602. The van der Waals surface area contributed by atoms with E-state index in [0.717, 1.165) is 0 Å². The van der Waals surface area contributed by atoms with Gasteiger partial charge in [-0.15, -0.1) is 0 Å². The number of nitrogens with one attached hydrogen (secondary N) is 1. The van der Waals surface area contributed by atoms with Gasteiger partial charge in [0.25, 0.3) is 0 Å². The third-order valence-corrected chi connectivity index (χ3v) is 1.02. The van der Waals surface area contributed by atoms with Crippen LogP contribution in [0, 0.1) is 5.41 Å². The molecule has 3 nitrogen and oxygen atoms in total. The largest absolute Gasteiger partial charge is 0.306 e. The second-order valence-electron chi connectivity index (χ2n) is 1.52. The summed E-state index contributed by atoms with van der Waals surface area (Å²) in [5, 5.41) is 6.85. The van der Waals surface area contributed by atoms with Crippen molar-refractivity contribution in [3.8, 4) is 0 Å². The number of rotatable bonds is 2. The van der Waals surface area contributed by atoms with Gasteiger partial charge in [-0.1, -0.05) is 6.58 Å². The summed E-state index contributed by atoms with van der Waals surface area (Å²) in [7, 11) is 0. The van der Waals surface area contributed by atoms with Crippen molar-refractivity contribution in [1.82, 2.24) is 9.55 Å².